The number of piperidine rings is 2. The van der Waals surface area contributed by atoms with Gasteiger partial charge in [-0.3, -0.25) is 0 Å². The van der Waals surface area contributed by atoms with Gasteiger partial charge in [0, 0.05) is 26.2 Å². The van der Waals surface area contributed by atoms with Gasteiger partial charge in [0.2, 0.25) is 0 Å². The van der Waals surface area contributed by atoms with Gasteiger partial charge >= 0.3 is 12.2 Å². The summed E-state index contributed by atoms with van der Waals surface area (Å²) in [6.45, 7) is 18.7. The van der Waals surface area contributed by atoms with Crippen molar-refractivity contribution in [2.45, 2.75) is 93.1 Å². The molecule has 2 aliphatic heterocycles. The highest BCUT2D eigenvalue weighted by Gasteiger charge is 2.30. The van der Waals surface area contributed by atoms with Gasteiger partial charge in [0.15, 0.2) is 0 Å². The predicted octanol–water partition coefficient (Wildman–Crippen LogP) is 6.19. The van der Waals surface area contributed by atoms with Gasteiger partial charge in [0.1, 0.15) is 0 Å². The minimum Gasteiger partial charge on any atom is -0.449 e. The number of hydrogen-bond donors (Lipinski definition) is 0. The Kier molecular flexibility index (Phi) is 10.2. The molecular weight excluding hydrogens is 404 g/mol. The van der Waals surface area contributed by atoms with Crippen LogP contribution in [0, 0.1) is 29.1 Å². The van der Waals surface area contributed by atoms with Gasteiger partial charge in [-0.05, 0) is 81.5 Å². The molecule has 0 N–H and O–H groups in total. The molecule has 6 nitrogen and oxygen atoms in total. The fraction of sp³-hybridized carbons (Fsp3) is 0.923. The number of rotatable bonds is 8. The van der Waals surface area contributed by atoms with Crippen molar-refractivity contribution >= 4 is 12.2 Å². The smallest absolute Gasteiger partial charge is 0.410 e. The summed E-state index contributed by atoms with van der Waals surface area (Å²) in [5.74, 6) is 2.65. The van der Waals surface area contributed by atoms with E-state index in [1.165, 1.54) is 0 Å². The van der Waals surface area contributed by atoms with E-state index in [4.69, 9.17) is 9.47 Å². The standard InChI is InChI=1S/C26H48N2O4/c1-19(2)22-9-14-27(15-10-22)24(29)31-18-26(6,7)13-8-21(5)23-11-16-28(17-12-23)25(30)32-20(3)4/h19-23H,8-18H2,1-7H3. The van der Waals surface area contributed by atoms with Crippen LogP contribution in [0.25, 0.3) is 0 Å². The zero-order valence-corrected chi connectivity index (χ0v) is 21.7. The Morgan fingerprint density at radius 1 is 0.844 bits per heavy atom. The molecule has 0 aromatic rings. The average molecular weight is 453 g/mol. The van der Waals surface area contributed by atoms with Crippen LogP contribution in [0.5, 0.6) is 0 Å². The van der Waals surface area contributed by atoms with Gasteiger partial charge in [-0.2, -0.15) is 0 Å². The van der Waals surface area contributed by atoms with Crippen molar-refractivity contribution in [3.8, 4) is 0 Å². The summed E-state index contributed by atoms with van der Waals surface area (Å²) in [4.78, 5) is 28.3. The summed E-state index contributed by atoms with van der Waals surface area (Å²) in [7, 11) is 0. The van der Waals surface area contributed by atoms with E-state index in [2.05, 4.69) is 34.6 Å². The molecule has 1 unspecified atom stereocenters. The van der Waals surface area contributed by atoms with E-state index in [1.807, 2.05) is 23.6 Å². The number of amides is 2. The second-order valence-electron chi connectivity index (χ2n) is 11.6. The largest absolute Gasteiger partial charge is 0.449 e. The van der Waals surface area contributed by atoms with Crippen LogP contribution >= 0.6 is 0 Å². The molecular formula is C26H48N2O4. The number of hydrogen-bond acceptors (Lipinski definition) is 4. The minimum absolute atomic E-state index is 0.0258. The molecule has 186 valence electrons. The second-order valence-corrected chi connectivity index (χ2v) is 11.6. The molecule has 0 bridgehead atoms. The molecule has 0 radical (unpaired) electrons. The van der Waals surface area contributed by atoms with Crippen molar-refractivity contribution in [3.05, 3.63) is 0 Å². The van der Waals surface area contributed by atoms with Crippen LogP contribution in [-0.2, 0) is 9.47 Å². The fourth-order valence-corrected chi connectivity index (χ4v) is 4.95. The first kappa shape index (κ1) is 26.8. The quantitative estimate of drug-likeness (QED) is 0.440. The van der Waals surface area contributed by atoms with Crippen molar-refractivity contribution in [2.75, 3.05) is 32.8 Å². The molecule has 0 aliphatic carbocycles. The van der Waals surface area contributed by atoms with Crippen molar-refractivity contribution in [1.29, 1.82) is 0 Å². The van der Waals surface area contributed by atoms with Gasteiger partial charge in [-0.25, -0.2) is 9.59 Å². The highest BCUT2D eigenvalue weighted by atomic mass is 16.6. The molecule has 2 amide bonds. The van der Waals surface area contributed by atoms with E-state index >= 15 is 0 Å². The summed E-state index contributed by atoms with van der Waals surface area (Å²) in [5, 5.41) is 0. The number of likely N-dealkylation sites (tertiary alicyclic amines) is 2. The van der Waals surface area contributed by atoms with Crippen LogP contribution in [0.15, 0.2) is 0 Å². The lowest BCUT2D eigenvalue weighted by molar-refractivity contribution is 0.0462. The highest BCUT2D eigenvalue weighted by molar-refractivity contribution is 5.68. The third-order valence-electron chi connectivity index (χ3n) is 7.54. The third kappa shape index (κ3) is 8.47. The lowest BCUT2D eigenvalue weighted by Crippen LogP contribution is -2.41. The lowest BCUT2D eigenvalue weighted by Gasteiger charge is -2.36. The first-order valence-corrected chi connectivity index (χ1v) is 12.9. The topological polar surface area (TPSA) is 59.1 Å². The Morgan fingerprint density at radius 3 is 1.84 bits per heavy atom. The molecule has 0 saturated carbocycles. The molecule has 2 saturated heterocycles. The van der Waals surface area contributed by atoms with Crippen molar-refractivity contribution in [1.82, 2.24) is 9.80 Å². The minimum atomic E-state index is -0.178. The Balaban J connectivity index is 1.67. The normalized spacial score (nSPS) is 20.0. The maximum Gasteiger partial charge on any atom is 0.410 e. The zero-order chi connectivity index (χ0) is 23.9. The van der Waals surface area contributed by atoms with Crippen LogP contribution in [0.1, 0.15) is 87.0 Å². The van der Waals surface area contributed by atoms with Crippen LogP contribution in [-0.4, -0.2) is 60.9 Å². The summed E-state index contributed by atoms with van der Waals surface area (Å²) >= 11 is 0. The third-order valence-corrected chi connectivity index (χ3v) is 7.54. The SMILES string of the molecule is CC(C)OC(=O)N1CCC(C(C)CCC(C)(C)COC(=O)N2CCC(C(C)C)CC2)CC1. The number of carbonyl (C=O) groups is 2. The first-order valence-electron chi connectivity index (χ1n) is 12.9. The number of carbonyl (C=O) groups excluding carboxylic acids is 2. The summed E-state index contributed by atoms with van der Waals surface area (Å²) < 4.78 is 11.0. The van der Waals surface area contributed by atoms with Gasteiger partial charge in [-0.15, -0.1) is 0 Å². The lowest BCUT2D eigenvalue weighted by atomic mass is 9.78. The molecule has 32 heavy (non-hydrogen) atoms. The average Bonchev–Trinajstić information content (AvgIpc) is 2.75. The van der Waals surface area contributed by atoms with Gasteiger partial charge in [0.25, 0.3) is 0 Å². The van der Waals surface area contributed by atoms with Gasteiger partial charge in [0.05, 0.1) is 12.7 Å². The van der Waals surface area contributed by atoms with Crippen molar-refractivity contribution < 1.29 is 19.1 Å². The van der Waals surface area contributed by atoms with E-state index in [1.54, 1.807) is 0 Å². The molecule has 0 aromatic carbocycles. The van der Waals surface area contributed by atoms with E-state index in [9.17, 15) is 9.59 Å². The predicted molar refractivity (Wildman–Crippen MR) is 129 cm³/mol. The molecule has 2 heterocycles. The Morgan fingerprint density at radius 2 is 1.34 bits per heavy atom. The molecule has 2 fully saturated rings. The van der Waals surface area contributed by atoms with Crippen molar-refractivity contribution in [3.63, 3.8) is 0 Å². The van der Waals surface area contributed by atoms with Gasteiger partial charge < -0.3 is 19.3 Å². The Bertz CT molecular complexity index is 589. The first-order chi connectivity index (χ1) is 15.0. The Hall–Kier alpha value is -1.46. The maximum absolute atomic E-state index is 12.5. The number of nitrogens with zero attached hydrogens (tertiary/aromatic N) is 2. The second kappa shape index (κ2) is 12.1. The van der Waals surface area contributed by atoms with Crippen LogP contribution in [0.2, 0.25) is 0 Å². The monoisotopic (exact) mass is 452 g/mol. The summed E-state index contributed by atoms with van der Waals surface area (Å²) in [6, 6.07) is 0. The highest BCUT2D eigenvalue weighted by Crippen LogP contribution is 2.33. The fourth-order valence-electron chi connectivity index (χ4n) is 4.95. The van der Waals surface area contributed by atoms with Crippen LogP contribution in [0.4, 0.5) is 9.59 Å². The maximum atomic E-state index is 12.5. The molecule has 6 heteroatoms. The Labute approximate surface area is 196 Å². The molecule has 1 atom stereocenters. The summed E-state index contributed by atoms with van der Waals surface area (Å²) in [6.07, 6.45) is 6.01. The van der Waals surface area contributed by atoms with Crippen LogP contribution in [0.3, 0.4) is 0 Å². The van der Waals surface area contributed by atoms with Gasteiger partial charge in [-0.1, -0.05) is 34.6 Å². The van der Waals surface area contributed by atoms with Crippen molar-refractivity contribution in [2.24, 2.45) is 29.1 Å². The molecule has 2 aliphatic rings. The van der Waals surface area contributed by atoms with E-state index in [0.717, 1.165) is 70.6 Å². The van der Waals surface area contributed by atoms with E-state index in [0.29, 0.717) is 24.4 Å². The zero-order valence-electron chi connectivity index (χ0n) is 21.7. The molecule has 2 rings (SSSR count). The molecule has 0 aromatic heterocycles. The molecule has 0 spiro atoms. The van der Waals surface area contributed by atoms with E-state index < -0.39 is 0 Å². The summed E-state index contributed by atoms with van der Waals surface area (Å²) in [5.41, 5.74) is -0.0258. The number of ether oxygens (including phenoxy) is 2. The van der Waals surface area contributed by atoms with Crippen LogP contribution < -0.4 is 0 Å². The van der Waals surface area contributed by atoms with E-state index in [-0.39, 0.29) is 23.7 Å².